The highest BCUT2D eigenvalue weighted by molar-refractivity contribution is 5.90. The fourth-order valence-corrected chi connectivity index (χ4v) is 3.93. The summed E-state index contributed by atoms with van der Waals surface area (Å²) in [6.45, 7) is 6.15. The number of ether oxygens (including phenoxy) is 1. The Labute approximate surface area is 174 Å². The van der Waals surface area contributed by atoms with Crippen LogP contribution in [-0.4, -0.2) is 55.8 Å². The lowest BCUT2D eigenvalue weighted by atomic mass is 9.99. The van der Waals surface area contributed by atoms with Crippen molar-refractivity contribution in [3.8, 4) is 22.4 Å². The van der Waals surface area contributed by atoms with Crippen LogP contribution in [0.2, 0.25) is 0 Å². The lowest BCUT2D eigenvalue weighted by Gasteiger charge is -2.26. The first-order valence-corrected chi connectivity index (χ1v) is 10.0. The second-order valence-electron chi connectivity index (χ2n) is 7.46. The minimum Gasteiger partial charge on any atom is -0.379 e. The second-order valence-corrected chi connectivity index (χ2v) is 7.46. The van der Waals surface area contributed by atoms with Crippen molar-refractivity contribution < 1.29 is 4.74 Å². The van der Waals surface area contributed by atoms with Gasteiger partial charge in [0, 0.05) is 30.9 Å². The molecule has 152 valence electrons. The number of anilines is 1. The maximum atomic E-state index is 6.21. The van der Waals surface area contributed by atoms with Gasteiger partial charge in [0.2, 0.25) is 5.95 Å². The van der Waals surface area contributed by atoms with Gasteiger partial charge in [-0.25, -0.2) is 4.98 Å². The third-order valence-corrected chi connectivity index (χ3v) is 5.31. The van der Waals surface area contributed by atoms with E-state index in [0.29, 0.717) is 11.6 Å². The number of rotatable bonds is 4. The van der Waals surface area contributed by atoms with Crippen LogP contribution in [0.1, 0.15) is 11.4 Å². The van der Waals surface area contributed by atoms with Gasteiger partial charge in [-0.2, -0.15) is 0 Å². The normalized spacial score (nSPS) is 15.0. The number of benzene rings is 1. The van der Waals surface area contributed by atoms with Gasteiger partial charge in [-0.3, -0.25) is 14.3 Å². The van der Waals surface area contributed by atoms with E-state index in [1.807, 2.05) is 37.3 Å². The van der Waals surface area contributed by atoms with Crippen LogP contribution in [0.15, 0.2) is 48.8 Å². The SMILES string of the molecule is Cc1cc(-c2c(-c3ccccc3)nc(N)n3cnnc23)cc(CN2CCOCC2)n1. The zero-order valence-electron chi connectivity index (χ0n) is 16.8. The molecule has 0 aliphatic carbocycles. The molecule has 30 heavy (non-hydrogen) atoms. The third kappa shape index (κ3) is 3.51. The van der Waals surface area contributed by atoms with Gasteiger partial charge in [0.1, 0.15) is 6.33 Å². The summed E-state index contributed by atoms with van der Waals surface area (Å²) in [5.41, 5.74) is 12.5. The smallest absolute Gasteiger partial charge is 0.207 e. The molecule has 3 aromatic heterocycles. The molecule has 0 saturated carbocycles. The van der Waals surface area contributed by atoms with Crippen molar-refractivity contribution in [3.05, 3.63) is 60.2 Å². The monoisotopic (exact) mass is 401 g/mol. The minimum atomic E-state index is 0.358. The third-order valence-electron chi connectivity index (χ3n) is 5.31. The fourth-order valence-electron chi connectivity index (χ4n) is 3.93. The van der Waals surface area contributed by atoms with Crippen molar-refractivity contribution >= 4 is 11.6 Å². The van der Waals surface area contributed by atoms with Crippen LogP contribution in [0.3, 0.4) is 0 Å². The number of morpholine rings is 1. The molecule has 1 aliphatic heterocycles. The zero-order valence-corrected chi connectivity index (χ0v) is 16.8. The van der Waals surface area contributed by atoms with Crippen LogP contribution in [0.25, 0.3) is 28.0 Å². The van der Waals surface area contributed by atoms with Crippen molar-refractivity contribution in [1.82, 2.24) is 29.5 Å². The molecule has 4 aromatic rings. The Kier molecular flexibility index (Phi) is 4.86. The van der Waals surface area contributed by atoms with Crippen molar-refractivity contribution in [2.45, 2.75) is 13.5 Å². The predicted molar refractivity (Wildman–Crippen MR) is 115 cm³/mol. The van der Waals surface area contributed by atoms with E-state index in [1.54, 1.807) is 10.7 Å². The molecule has 1 saturated heterocycles. The molecule has 1 aromatic carbocycles. The van der Waals surface area contributed by atoms with E-state index in [-0.39, 0.29) is 0 Å². The summed E-state index contributed by atoms with van der Waals surface area (Å²) >= 11 is 0. The van der Waals surface area contributed by atoms with Crippen LogP contribution < -0.4 is 5.73 Å². The molecule has 8 heteroatoms. The first-order chi connectivity index (χ1) is 14.7. The number of aryl methyl sites for hydroxylation is 1. The van der Waals surface area contributed by atoms with Crippen LogP contribution in [0, 0.1) is 6.92 Å². The van der Waals surface area contributed by atoms with Gasteiger partial charge >= 0.3 is 0 Å². The number of nitrogens with two attached hydrogens (primary N) is 1. The molecule has 4 heterocycles. The predicted octanol–water partition coefficient (Wildman–Crippen LogP) is 2.58. The number of aromatic nitrogens is 5. The summed E-state index contributed by atoms with van der Waals surface area (Å²) < 4.78 is 7.19. The summed E-state index contributed by atoms with van der Waals surface area (Å²) in [5.74, 6) is 0.358. The topological polar surface area (TPSA) is 94.5 Å². The lowest BCUT2D eigenvalue weighted by molar-refractivity contribution is 0.0336. The molecule has 0 atom stereocenters. The van der Waals surface area contributed by atoms with E-state index < -0.39 is 0 Å². The van der Waals surface area contributed by atoms with Crippen LogP contribution in [-0.2, 0) is 11.3 Å². The maximum absolute atomic E-state index is 6.21. The molecule has 0 unspecified atom stereocenters. The largest absolute Gasteiger partial charge is 0.379 e. The minimum absolute atomic E-state index is 0.358. The van der Waals surface area contributed by atoms with Crippen molar-refractivity contribution in [2.24, 2.45) is 0 Å². The molecule has 0 spiro atoms. The Morgan fingerprint density at radius 3 is 2.63 bits per heavy atom. The summed E-state index contributed by atoms with van der Waals surface area (Å²) in [7, 11) is 0. The standard InChI is InChI=1S/C22H23N7O/c1-15-11-17(12-18(25-15)13-28-7-9-30-10-8-28)19-20(16-5-3-2-4-6-16)26-22(23)29-14-24-27-21(19)29/h2-6,11-12,14H,7-10,13H2,1H3,(H2,23,26). The number of fused-ring (bicyclic) bond motifs is 1. The number of hydrogen-bond donors (Lipinski definition) is 1. The van der Waals surface area contributed by atoms with Gasteiger partial charge in [-0.1, -0.05) is 30.3 Å². The molecule has 0 bridgehead atoms. The Morgan fingerprint density at radius 1 is 1.03 bits per heavy atom. The van der Waals surface area contributed by atoms with E-state index in [1.165, 1.54) is 0 Å². The van der Waals surface area contributed by atoms with Crippen LogP contribution >= 0.6 is 0 Å². The van der Waals surface area contributed by atoms with Crippen LogP contribution in [0.4, 0.5) is 5.95 Å². The van der Waals surface area contributed by atoms with E-state index in [9.17, 15) is 0 Å². The van der Waals surface area contributed by atoms with Crippen LogP contribution in [0.5, 0.6) is 0 Å². The van der Waals surface area contributed by atoms with Crippen molar-refractivity contribution in [1.29, 1.82) is 0 Å². The molecular weight excluding hydrogens is 378 g/mol. The van der Waals surface area contributed by atoms with E-state index >= 15 is 0 Å². The van der Waals surface area contributed by atoms with E-state index in [4.69, 9.17) is 20.4 Å². The van der Waals surface area contributed by atoms with Gasteiger partial charge in [-0.05, 0) is 24.6 Å². The first-order valence-electron chi connectivity index (χ1n) is 10.0. The molecule has 0 radical (unpaired) electrons. The van der Waals surface area contributed by atoms with Gasteiger partial charge in [0.15, 0.2) is 5.65 Å². The summed E-state index contributed by atoms with van der Waals surface area (Å²) in [4.78, 5) is 11.8. The van der Waals surface area contributed by atoms with E-state index in [2.05, 4.69) is 27.2 Å². The second kappa shape index (κ2) is 7.81. The van der Waals surface area contributed by atoms with Gasteiger partial charge in [0.25, 0.3) is 0 Å². The lowest BCUT2D eigenvalue weighted by Crippen LogP contribution is -2.35. The fraction of sp³-hybridized carbons (Fsp3) is 0.273. The first kappa shape index (κ1) is 18.7. The molecule has 0 amide bonds. The number of nitrogen functional groups attached to an aromatic ring is 1. The summed E-state index contributed by atoms with van der Waals surface area (Å²) in [6, 6.07) is 14.2. The molecule has 2 N–H and O–H groups in total. The van der Waals surface area contributed by atoms with Gasteiger partial charge in [0.05, 0.1) is 30.2 Å². The summed E-state index contributed by atoms with van der Waals surface area (Å²) in [5, 5.41) is 8.44. The average Bonchev–Trinajstić information content (AvgIpc) is 3.25. The highest BCUT2D eigenvalue weighted by Gasteiger charge is 2.20. The van der Waals surface area contributed by atoms with Gasteiger partial charge in [-0.15, -0.1) is 10.2 Å². The molecule has 1 fully saturated rings. The molecular formula is C22H23N7O. The Morgan fingerprint density at radius 2 is 1.83 bits per heavy atom. The zero-order chi connectivity index (χ0) is 20.5. The summed E-state index contributed by atoms with van der Waals surface area (Å²) in [6.07, 6.45) is 1.60. The maximum Gasteiger partial charge on any atom is 0.207 e. The molecule has 5 rings (SSSR count). The number of pyridine rings is 1. The van der Waals surface area contributed by atoms with Crippen molar-refractivity contribution in [3.63, 3.8) is 0 Å². The quantitative estimate of drug-likeness (QED) is 0.562. The Hall–Kier alpha value is -3.36. The molecule has 8 nitrogen and oxygen atoms in total. The average molecular weight is 401 g/mol. The molecule has 1 aliphatic rings. The Bertz CT molecular complexity index is 1180. The number of nitrogens with zero attached hydrogens (tertiary/aromatic N) is 6. The van der Waals surface area contributed by atoms with E-state index in [0.717, 1.165) is 66.6 Å². The van der Waals surface area contributed by atoms with Crippen molar-refractivity contribution in [2.75, 3.05) is 32.0 Å². The number of hydrogen-bond acceptors (Lipinski definition) is 7. The highest BCUT2D eigenvalue weighted by Crippen LogP contribution is 2.35. The highest BCUT2D eigenvalue weighted by atomic mass is 16.5. The van der Waals surface area contributed by atoms with Gasteiger partial charge < -0.3 is 10.5 Å². The Balaban J connectivity index is 1.67.